The summed E-state index contributed by atoms with van der Waals surface area (Å²) in [5.74, 6) is -45.5. The topological polar surface area (TPSA) is 66.8 Å². The van der Waals surface area contributed by atoms with Crippen LogP contribution in [0, 0.1) is 0 Å². The van der Waals surface area contributed by atoms with Gasteiger partial charge in [0.1, 0.15) is 0 Å². The van der Waals surface area contributed by atoms with Gasteiger partial charge in [0.25, 0.3) is 5.76 Å². The first kappa shape index (κ1) is 22.1. The molecule has 0 bridgehead atoms. The molecule has 0 rings (SSSR count). The summed E-state index contributed by atoms with van der Waals surface area (Å²) in [7, 11) is 0. The van der Waals surface area contributed by atoms with Crippen LogP contribution in [0.5, 0.6) is 0 Å². The zero-order valence-corrected chi connectivity index (χ0v) is 10.2. The smallest absolute Gasteiger partial charge is 0.410 e. The third-order valence-electron chi connectivity index (χ3n) is 2.39. The van der Waals surface area contributed by atoms with Crippen molar-refractivity contribution in [2.24, 2.45) is 0 Å². The molecule has 0 aliphatic rings. The fourth-order valence-electron chi connectivity index (χ4n) is 1.08. The molecule has 0 fully saturated rings. The molecule has 0 atom stereocenters. The molecule has 0 aromatic carbocycles. The van der Waals surface area contributed by atoms with Gasteiger partial charge in [0.15, 0.2) is 0 Å². The van der Waals surface area contributed by atoms with Gasteiger partial charge >= 0.3 is 41.7 Å². The van der Waals surface area contributed by atoms with Crippen molar-refractivity contribution in [2.75, 3.05) is 0 Å². The fourth-order valence-corrected chi connectivity index (χ4v) is 1.08. The lowest BCUT2D eigenvalue weighted by molar-refractivity contribution is -0.400. The van der Waals surface area contributed by atoms with Crippen LogP contribution in [-0.2, 0) is 9.68 Å². The molecular weight excluding hydrogens is 388 g/mol. The number of carbonyl (C=O) groups is 1. The summed E-state index contributed by atoms with van der Waals surface area (Å²) in [6.45, 7) is 0. The number of hydrogen-bond donors (Lipinski definition) is 2. The van der Waals surface area contributed by atoms with Gasteiger partial charge in [-0.25, -0.2) is 10.1 Å². The van der Waals surface area contributed by atoms with Gasteiger partial charge in [-0.3, -0.25) is 0 Å². The lowest BCUT2D eigenvalue weighted by Gasteiger charge is -2.37. The van der Waals surface area contributed by atoms with Gasteiger partial charge in [-0.2, -0.15) is 52.7 Å². The second-order valence-electron chi connectivity index (χ2n) is 3.86. The average molecular weight is 390 g/mol. The summed E-state index contributed by atoms with van der Waals surface area (Å²) in [6, 6.07) is 0. The summed E-state index contributed by atoms with van der Waals surface area (Å²) in [5, 5.41) is 15.2. The summed E-state index contributed by atoms with van der Waals surface area (Å²) >= 11 is 0. The van der Waals surface area contributed by atoms with Crippen LogP contribution < -0.4 is 0 Å². The van der Waals surface area contributed by atoms with E-state index in [1.54, 1.807) is 0 Å². The van der Waals surface area contributed by atoms with E-state index >= 15 is 0 Å². The summed E-state index contributed by atoms with van der Waals surface area (Å²) in [6.07, 6.45) is -4.09. The largest absolute Gasteiger partial charge is 0.477 e. The molecule has 0 aliphatic carbocycles. The number of rotatable bonds is 7. The molecule has 24 heavy (non-hydrogen) atoms. The number of aliphatic carboxylic acids is 1. The SMILES string of the molecule is O=C(O)C(F)(F)C(F)(F)C(F)(F)C(F)(F)C(F)(F)C(OO)=C(F)F. The van der Waals surface area contributed by atoms with Crippen molar-refractivity contribution in [2.45, 2.75) is 29.6 Å². The quantitative estimate of drug-likeness (QED) is 0.300. The van der Waals surface area contributed by atoms with Gasteiger partial charge in [-0.15, -0.1) is 0 Å². The Hall–Kier alpha value is -1.87. The zero-order chi connectivity index (χ0) is 19.9. The van der Waals surface area contributed by atoms with E-state index in [2.05, 4.69) is 0 Å². The first-order valence-corrected chi connectivity index (χ1v) is 4.83. The second-order valence-corrected chi connectivity index (χ2v) is 3.86. The third-order valence-corrected chi connectivity index (χ3v) is 2.39. The maximum absolute atomic E-state index is 13.0. The van der Waals surface area contributed by atoms with E-state index in [1.165, 1.54) is 0 Å². The van der Waals surface area contributed by atoms with Crippen molar-refractivity contribution in [3.05, 3.63) is 11.8 Å². The highest BCUT2D eigenvalue weighted by Gasteiger charge is 2.89. The van der Waals surface area contributed by atoms with Crippen molar-refractivity contribution < 1.29 is 72.7 Å². The average Bonchev–Trinajstić information content (AvgIpc) is 2.37. The normalized spacial score (nSPS) is 14.4. The first-order valence-electron chi connectivity index (χ1n) is 4.83. The Balaban J connectivity index is 6.48. The van der Waals surface area contributed by atoms with Gasteiger partial charge < -0.3 is 9.99 Å². The Kier molecular flexibility index (Phi) is 5.43. The van der Waals surface area contributed by atoms with Crippen molar-refractivity contribution in [1.29, 1.82) is 0 Å². The van der Waals surface area contributed by atoms with Crippen LogP contribution in [0.4, 0.5) is 52.7 Å². The molecule has 0 aliphatic heterocycles. The van der Waals surface area contributed by atoms with Crippen molar-refractivity contribution >= 4 is 5.97 Å². The molecule has 4 nitrogen and oxygen atoms in total. The molecule has 0 aromatic heterocycles. The summed E-state index contributed by atoms with van der Waals surface area (Å²) in [5.41, 5.74) is 0. The van der Waals surface area contributed by atoms with Crippen molar-refractivity contribution in [1.82, 2.24) is 0 Å². The maximum Gasteiger partial charge on any atom is 0.410 e. The molecule has 0 spiro atoms. The molecule has 142 valence electrons. The number of alkyl halides is 10. The number of allylic oxidation sites excluding steroid dienone is 1. The molecule has 0 unspecified atom stereocenters. The highest BCUT2D eigenvalue weighted by atomic mass is 19.4. The monoisotopic (exact) mass is 390 g/mol. The van der Waals surface area contributed by atoms with Gasteiger partial charge in [0.05, 0.1) is 0 Å². The van der Waals surface area contributed by atoms with Gasteiger partial charge in [-0.1, -0.05) is 0 Å². The van der Waals surface area contributed by atoms with Crippen molar-refractivity contribution in [3.63, 3.8) is 0 Å². The van der Waals surface area contributed by atoms with Gasteiger partial charge in [0.2, 0.25) is 0 Å². The van der Waals surface area contributed by atoms with E-state index < -0.39 is 47.4 Å². The highest BCUT2D eigenvalue weighted by Crippen LogP contribution is 2.58. The number of carboxylic acid groups (broad SMARTS) is 1. The Morgan fingerprint density at radius 3 is 1.29 bits per heavy atom. The predicted molar refractivity (Wildman–Crippen MR) is 45.3 cm³/mol. The Labute approximate surface area is 121 Å². The van der Waals surface area contributed by atoms with E-state index in [9.17, 15) is 57.5 Å². The summed E-state index contributed by atoms with van der Waals surface area (Å²) < 4.78 is 152. The van der Waals surface area contributed by atoms with Crippen LogP contribution in [0.25, 0.3) is 0 Å². The van der Waals surface area contributed by atoms with Crippen LogP contribution in [-0.4, -0.2) is 45.9 Å². The van der Waals surface area contributed by atoms with Gasteiger partial charge in [0, 0.05) is 0 Å². The second kappa shape index (κ2) is 5.89. The predicted octanol–water partition coefficient (Wildman–Crippen LogP) is 3.85. The number of hydrogen-bond acceptors (Lipinski definition) is 3. The van der Waals surface area contributed by atoms with E-state index in [0.29, 0.717) is 0 Å². The lowest BCUT2D eigenvalue weighted by Crippen LogP contribution is -2.69. The molecule has 0 radical (unpaired) electrons. The van der Waals surface area contributed by atoms with Crippen LogP contribution in [0.3, 0.4) is 0 Å². The van der Waals surface area contributed by atoms with Crippen LogP contribution in [0.2, 0.25) is 0 Å². The van der Waals surface area contributed by atoms with E-state index in [1.807, 2.05) is 4.89 Å². The third kappa shape index (κ3) is 2.71. The Morgan fingerprint density at radius 2 is 1.04 bits per heavy atom. The molecule has 2 N–H and O–H groups in total. The minimum Gasteiger partial charge on any atom is -0.477 e. The maximum atomic E-state index is 13.0. The molecule has 0 heterocycles. The standard InChI is InChI=1S/C8H2F12O4/c9-2(10)1(24-23)4(11,12)6(15,16)8(19,20)7(17,18)5(13,14)3(21)22/h23H,(H,21,22). The van der Waals surface area contributed by atoms with E-state index in [0.717, 1.165) is 0 Å². The minimum atomic E-state index is -7.90. The minimum absolute atomic E-state index is 2.02. The van der Waals surface area contributed by atoms with Gasteiger partial charge in [-0.05, 0) is 0 Å². The molecule has 16 heteroatoms. The molecule has 0 saturated heterocycles. The zero-order valence-electron chi connectivity index (χ0n) is 10.2. The molecule has 0 amide bonds. The van der Waals surface area contributed by atoms with Crippen molar-refractivity contribution in [3.8, 4) is 0 Å². The van der Waals surface area contributed by atoms with Crippen LogP contribution >= 0.6 is 0 Å². The van der Waals surface area contributed by atoms with Crippen LogP contribution in [0.15, 0.2) is 11.8 Å². The molecule has 0 aromatic rings. The Bertz CT molecular complexity index is 535. The molecular formula is C8H2F12O4. The lowest BCUT2D eigenvalue weighted by atomic mass is 9.93. The fraction of sp³-hybridized carbons (Fsp3) is 0.625. The number of carboxylic acids is 1. The Morgan fingerprint density at radius 1 is 0.708 bits per heavy atom. The highest BCUT2D eigenvalue weighted by molar-refractivity contribution is 5.77. The molecule has 0 saturated carbocycles. The first-order chi connectivity index (χ1) is 10.3. The van der Waals surface area contributed by atoms with E-state index in [-0.39, 0.29) is 0 Å². The summed E-state index contributed by atoms with van der Waals surface area (Å²) in [4.78, 5) is 11.8. The van der Waals surface area contributed by atoms with Crippen LogP contribution in [0.1, 0.15) is 0 Å². The van der Waals surface area contributed by atoms with E-state index in [4.69, 9.17) is 10.4 Å². The number of halogens is 12.